The molecule has 3 aromatic carbocycles. The lowest BCUT2D eigenvalue weighted by atomic mass is 9.72. The first-order chi connectivity index (χ1) is 18.0. The minimum absolute atomic E-state index is 0.0321. The molecule has 0 aromatic heterocycles. The third kappa shape index (κ3) is 4.04. The quantitative estimate of drug-likeness (QED) is 0.476. The molecule has 2 atom stereocenters. The van der Waals surface area contributed by atoms with E-state index < -0.39 is 5.60 Å². The van der Waals surface area contributed by atoms with Crippen LogP contribution in [0.25, 0.3) is 11.1 Å². The van der Waals surface area contributed by atoms with Crippen molar-refractivity contribution < 1.29 is 24.1 Å². The van der Waals surface area contributed by atoms with E-state index in [1.807, 2.05) is 35.2 Å². The van der Waals surface area contributed by atoms with E-state index in [2.05, 4.69) is 36.4 Å². The van der Waals surface area contributed by atoms with Crippen molar-refractivity contribution in [1.82, 2.24) is 4.90 Å². The topological polar surface area (TPSA) is 68.2 Å². The molecular formula is C31H33NO5. The summed E-state index contributed by atoms with van der Waals surface area (Å²) in [5, 5.41) is 11.8. The Morgan fingerprint density at radius 2 is 1.49 bits per heavy atom. The first kappa shape index (κ1) is 23.9. The van der Waals surface area contributed by atoms with Gasteiger partial charge >= 0.3 is 6.09 Å². The molecule has 2 fully saturated rings. The molecular weight excluding hydrogens is 466 g/mol. The summed E-state index contributed by atoms with van der Waals surface area (Å²) in [4.78, 5) is 15.4. The fourth-order valence-electron chi connectivity index (χ4n) is 6.76. The number of ether oxygens (including phenoxy) is 3. The maximum Gasteiger partial charge on any atom is 0.410 e. The Morgan fingerprint density at radius 3 is 2.08 bits per heavy atom. The van der Waals surface area contributed by atoms with Crippen LogP contribution in [-0.2, 0) is 10.3 Å². The molecule has 6 heteroatoms. The molecule has 2 unspecified atom stereocenters. The van der Waals surface area contributed by atoms with Gasteiger partial charge in [-0.25, -0.2) is 4.79 Å². The summed E-state index contributed by atoms with van der Waals surface area (Å²) in [7, 11) is 3.20. The Kier molecular flexibility index (Phi) is 6.07. The summed E-state index contributed by atoms with van der Waals surface area (Å²) in [6, 6.07) is 22.2. The third-order valence-corrected chi connectivity index (χ3v) is 8.48. The zero-order chi connectivity index (χ0) is 25.6. The Balaban J connectivity index is 1.20. The van der Waals surface area contributed by atoms with E-state index in [1.54, 1.807) is 14.2 Å². The summed E-state index contributed by atoms with van der Waals surface area (Å²) in [5.74, 6) is 1.26. The van der Waals surface area contributed by atoms with Crippen molar-refractivity contribution in [2.75, 3.05) is 20.8 Å². The largest absolute Gasteiger partial charge is 0.493 e. The first-order valence-electron chi connectivity index (χ1n) is 13.1. The molecule has 3 aromatic rings. The summed E-state index contributed by atoms with van der Waals surface area (Å²) in [6.45, 7) is 0.308. The van der Waals surface area contributed by atoms with Gasteiger partial charge in [-0.1, -0.05) is 54.6 Å². The Labute approximate surface area is 217 Å². The van der Waals surface area contributed by atoms with E-state index in [9.17, 15) is 9.90 Å². The van der Waals surface area contributed by atoms with Gasteiger partial charge in [0.25, 0.3) is 0 Å². The van der Waals surface area contributed by atoms with Crippen LogP contribution in [0.4, 0.5) is 4.79 Å². The van der Waals surface area contributed by atoms with Gasteiger partial charge in [0.2, 0.25) is 0 Å². The van der Waals surface area contributed by atoms with Crippen LogP contribution in [0.3, 0.4) is 0 Å². The fraction of sp³-hybridized carbons (Fsp3) is 0.387. The second-order valence-electron chi connectivity index (χ2n) is 10.5. The predicted octanol–water partition coefficient (Wildman–Crippen LogP) is 5.86. The minimum atomic E-state index is -1.03. The number of hydrogen-bond acceptors (Lipinski definition) is 5. The second kappa shape index (κ2) is 9.42. The SMILES string of the molecule is COc1ccc(C2(O)CC3CCCC(C2)N3C(=O)OCC2c3ccccc3-c3ccccc32)cc1OC. The number of methoxy groups -OCH3 is 2. The average Bonchev–Trinajstić information content (AvgIpc) is 3.24. The normalized spacial score (nSPS) is 24.2. The van der Waals surface area contributed by atoms with Crippen molar-refractivity contribution >= 4 is 6.09 Å². The summed E-state index contributed by atoms with van der Waals surface area (Å²) >= 11 is 0. The molecule has 2 bridgehead atoms. The molecule has 2 aliphatic heterocycles. The van der Waals surface area contributed by atoms with Gasteiger partial charge in [0.15, 0.2) is 11.5 Å². The van der Waals surface area contributed by atoms with Crippen molar-refractivity contribution in [3.05, 3.63) is 83.4 Å². The highest BCUT2D eigenvalue weighted by molar-refractivity contribution is 5.79. The molecule has 0 radical (unpaired) electrons. The van der Waals surface area contributed by atoms with Gasteiger partial charge in [0.05, 0.1) is 19.8 Å². The molecule has 3 aliphatic rings. The molecule has 1 N–H and O–H groups in total. The zero-order valence-corrected chi connectivity index (χ0v) is 21.4. The standard InChI is InChI=1S/C31H33NO5/c1-35-28-15-14-20(16-29(28)36-2)31(34)17-21-8-7-9-22(18-31)32(21)30(33)37-19-27-25-12-5-3-10-23(25)24-11-4-6-13-26(24)27/h3-6,10-16,21-22,27,34H,7-9,17-19H2,1-2H3. The number of hydrogen-bond donors (Lipinski definition) is 1. The van der Waals surface area contributed by atoms with Crippen LogP contribution >= 0.6 is 0 Å². The van der Waals surface area contributed by atoms with Crippen LogP contribution in [0.2, 0.25) is 0 Å². The summed E-state index contributed by atoms with van der Waals surface area (Å²) < 4.78 is 16.9. The van der Waals surface area contributed by atoms with Gasteiger partial charge in [-0.2, -0.15) is 0 Å². The number of benzene rings is 3. The highest BCUT2D eigenvalue weighted by Gasteiger charge is 2.49. The number of nitrogens with zero attached hydrogens (tertiary/aromatic N) is 1. The number of piperidine rings is 2. The molecule has 0 spiro atoms. The van der Waals surface area contributed by atoms with Gasteiger partial charge in [0.1, 0.15) is 6.61 Å². The number of fused-ring (bicyclic) bond motifs is 5. The maximum atomic E-state index is 13.5. The smallest absolute Gasteiger partial charge is 0.410 e. The lowest BCUT2D eigenvalue weighted by molar-refractivity contribution is -0.0891. The van der Waals surface area contributed by atoms with Gasteiger partial charge in [-0.15, -0.1) is 0 Å². The van der Waals surface area contributed by atoms with Gasteiger partial charge in [-0.05, 0) is 59.2 Å². The lowest BCUT2D eigenvalue weighted by Gasteiger charge is -2.51. The first-order valence-corrected chi connectivity index (χ1v) is 13.1. The van der Waals surface area contributed by atoms with Gasteiger partial charge in [-0.3, -0.25) is 0 Å². The number of carbonyl (C=O) groups excluding carboxylic acids is 1. The van der Waals surface area contributed by atoms with Crippen molar-refractivity contribution in [2.24, 2.45) is 0 Å². The lowest BCUT2D eigenvalue weighted by Crippen LogP contribution is -2.59. The number of amides is 1. The van der Waals surface area contributed by atoms with E-state index in [0.29, 0.717) is 30.9 Å². The number of rotatable bonds is 5. The third-order valence-electron chi connectivity index (χ3n) is 8.48. The van der Waals surface area contributed by atoms with Crippen LogP contribution < -0.4 is 9.47 Å². The summed E-state index contributed by atoms with van der Waals surface area (Å²) in [6.07, 6.45) is 3.44. The van der Waals surface area contributed by atoms with E-state index in [1.165, 1.54) is 22.3 Å². The Hall–Kier alpha value is -3.51. The Bertz CT molecular complexity index is 1260. The van der Waals surface area contributed by atoms with Crippen LogP contribution in [0, 0.1) is 0 Å². The second-order valence-corrected chi connectivity index (χ2v) is 10.5. The molecule has 6 nitrogen and oxygen atoms in total. The highest BCUT2D eigenvalue weighted by atomic mass is 16.6. The predicted molar refractivity (Wildman–Crippen MR) is 141 cm³/mol. The fourth-order valence-corrected chi connectivity index (χ4v) is 6.76. The molecule has 192 valence electrons. The summed E-state index contributed by atoms with van der Waals surface area (Å²) in [5.41, 5.74) is 4.61. The molecule has 1 amide bonds. The highest BCUT2D eigenvalue weighted by Crippen LogP contribution is 2.47. The van der Waals surface area contributed by atoms with E-state index in [-0.39, 0.29) is 24.1 Å². The van der Waals surface area contributed by atoms with E-state index >= 15 is 0 Å². The van der Waals surface area contributed by atoms with Crippen molar-refractivity contribution in [3.8, 4) is 22.6 Å². The van der Waals surface area contributed by atoms with E-state index in [4.69, 9.17) is 14.2 Å². The monoisotopic (exact) mass is 499 g/mol. The van der Waals surface area contributed by atoms with Crippen molar-refractivity contribution in [2.45, 2.75) is 55.7 Å². The van der Waals surface area contributed by atoms with E-state index in [0.717, 1.165) is 24.8 Å². The van der Waals surface area contributed by atoms with Crippen LogP contribution in [0.15, 0.2) is 66.7 Å². The van der Waals surface area contributed by atoms with Gasteiger partial charge < -0.3 is 24.2 Å². The average molecular weight is 500 g/mol. The number of aliphatic hydroxyl groups is 1. The number of carbonyl (C=O) groups is 1. The molecule has 0 saturated carbocycles. The molecule has 2 heterocycles. The van der Waals surface area contributed by atoms with Crippen LogP contribution in [-0.4, -0.2) is 49.0 Å². The zero-order valence-electron chi connectivity index (χ0n) is 21.4. The molecule has 37 heavy (non-hydrogen) atoms. The van der Waals surface area contributed by atoms with Crippen LogP contribution in [0.1, 0.15) is 54.7 Å². The van der Waals surface area contributed by atoms with Crippen LogP contribution in [0.5, 0.6) is 11.5 Å². The van der Waals surface area contributed by atoms with Crippen molar-refractivity contribution in [1.29, 1.82) is 0 Å². The van der Waals surface area contributed by atoms with Crippen molar-refractivity contribution in [3.63, 3.8) is 0 Å². The minimum Gasteiger partial charge on any atom is -0.493 e. The van der Waals surface area contributed by atoms with Gasteiger partial charge in [0, 0.05) is 30.8 Å². The molecule has 6 rings (SSSR count). The molecule has 1 aliphatic carbocycles. The molecule has 2 saturated heterocycles. The maximum absolute atomic E-state index is 13.5. The Morgan fingerprint density at radius 1 is 0.892 bits per heavy atom.